The van der Waals surface area contributed by atoms with Crippen molar-refractivity contribution >= 4 is 17.0 Å². The van der Waals surface area contributed by atoms with Gasteiger partial charge in [0, 0.05) is 49.2 Å². The van der Waals surface area contributed by atoms with Gasteiger partial charge in [-0.25, -0.2) is 13.6 Å². The number of hydrogen-bond acceptors (Lipinski definition) is 3. The van der Waals surface area contributed by atoms with E-state index >= 15 is 0 Å². The number of fused-ring (bicyclic) bond motifs is 1. The molecule has 3 rings (SSSR count). The molecule has 0 aliphatic carbocycles. The van der Waals surface area contributed by atoms with Gasteiger partial charge in [0.25, 0.3) is 5.56 Å². The molecule has 8 heteroatoms. The summed E-state index contributed by atoms with van der Waals surface area (Å²) in [4.78, 5) is 27.6. The van der Waals surface area contributed by atoms with Crippen LogP contribution in [0.4, 0.5) is 13.6 Å². The summed E-state index contributed by atoms with van der Waals surface area (Å²) in [7, 11) is 0. The standard InChI is InChI=1S/C21H27F2N3O3/c1-21(2,3)26(20(28)29)15-8-10-24(11-9-15)12-13-25-17(27)7-5-14-4-6-16(22)18(23)19(14)25/h4-7,15H,8-13H2,1-3H3,(H,28,29). The number of likely N-dealkylation sites (tertiary alicyclic amines) is 1. The van der Waals surface area contributed by atoms with E-state index < -0.39 is 23.3 Å². The molecule has 6 nitrogen and oxygen atoms in total. The molecular weight excluding hydrogens is 380 g/mol. The Morgan fingerprint density at radius 3 is 2.34 bits per heavy atom. The third kappa shape index (κ3) is 4.42. The first-order valence-corrected chi connectivity index (χ1v) is 9.82. The van der Waals surface area contributed by atoms with Crippen LogP contribution in [0.1, 0.15) is 33.6 Å². The predicted octanol–water partition coefficient (Wildman–Crippen LogP) is 3.52. The zero-order valence-corrected chi connectivity index (χ0v) is 17.0. The fourth-order valence-corrected chi connectivity index (χ4v) is 4.18. The largest absolute Gasteiger partial charge is 0.465 e. The number of benzene rings is 1. The molecule has 2 heterocycles. The van der Waals surface area contributed by atoms with Gasteiger partial charge in [0.1, 0.15) is 0 Å². The first-order valence-electron chi connectivity index (χ1n) is 9.82. The lowest BCUT2D eigenvalue weighted by molar-refractivity contribution is 0.0417. The first-order chi connectivity index (χ1) is 13.6. The van der Waals surface area contributed by atoms with Crippen LogP contribution in [0, 0.1) is 11.6 Å². The number of piperidine rings is 1. The number of amides is 1. The SMILES string of the molecule is CC(C)(C)N(C(=O)O)C1CCN(CCn2c(=O)ccc3ccc(F)c(F)c32)CC1. The van der Waals surface area contributed by atoms with Gasteiger partial charge >= 0.3 is 6.09 Å². The van der Waals surface area contributed by atoms with Crippen molar-refractivity contribution in [3.63, 3.8) is 0 Å². The minimum absolute atomic E-state index is 0.0165. The number of nitrogens with zero attached hydrogens (tertiary/aromatic N) is 3. The number of aromatic nitrogens is 1. The van der Waals surface area contributed by atoms with Crippen molar-refractivity contribution in [2.24, 2.45) is 0 Å². The van der Waals surface area contributed by atoms with Crippen molar-refractivity contribution in [2.45, 2.75) is 51.7 Å². The lowest BCUT2D eigenvalue weighted by atomic mass is 9.97. The van der Waals surface area contributed by atoms with E-state index in [4.69, 9.17) is 0 Å². The molecule has 1 aromatic carbocycles. The summed E-state index contributed by atoms with van der Waals surface area (Å²) in [6.07, 6.45) is 0.462. The van der Waals surface area contributed by atoms with E-state index in [0.29, 0.717) is 37.9 Å². The average molecular weight is 407 g/mol. The van der Waals surface area contributed by atoms with E-state index in [1.807, 2.05) is 20.8 Å². The Labute approximate surface area is 168 Å². The van der Waals surface area contributed by atoms with Crippen LogP contribution < -0.4 is 5.56 Å². The van der Waals surface area contributed by atoms with E-state index in [-0.39, 0.29) is 23.7 Å². The van der Waals surface area contributed by atoms with Gasteiger partial charge in [-0.05, 0) is 51.8 Å². The third-order valence-electron chi connectivity index (χ3n) is 5.53. The van der Waals surface area contributed by atoms with E-state index in [1.54, 1.807) is 0 Å². The number of pyridine rings is 1. The molecule has 1 aliphatic heterocycles. The zero-order chi connectivity index (χ0) is 21.3. The minimum Gasteiger partial charge on any atom is -0.465 e. The molecule has 0 spiro atoms. The van der Waals surface area contributed by atoms with Crippen LogP contribution in [0.5, 0.6) is 0 Å². The van der Waals surface area contributed by atoms with Gasteiger partial charge in [0.15, 0.2) is 11.6 Å². The number of halogens is 2. The Hall–Kier alpha value is -2.48. The van der Waals surface area contributed by atoms with Crippen LogP contribution in [0.25, 0.3) is 10.9 Å². The molecule has 1 amide bonds. The highest BCUT2D eigenvalue weighted by atomic mass is 19.2. The number of hydrogen-bond donors (Lipinski definition) is 1. The lowest BCUT2D eigenvalue weighted by Crippen LogP contribution is -2.54. The molecular formula is C21H27F2N3O3. The molecule has 1 aliphatic rings. The van der Waals surface area contributed by atoms with Crippen LogP contribution in [-0.2, 0) is 6.54 Å². The molecule has 1 N–H and O–H groups in total. The highest BCUT2D eigenvalue weighted by Gasteiger charge is 2.35. The Morgan fingerprint density at radius 1 is 1.14 bits per heavy atom. The molecule has 2 aromatic rings. The predicted molar refractivity (Wildman–Crippen MR) is 107 cm³/mol. The van der Waals surface area contributed by atoms with Gasteiger partial charge in [-0.1, -0.05) is 0 Å². The normalized spacial score (nSPS) is 16.3. The van der Waals surface area contributed by atoms with E-state index in [2.05, 4.69) is 4.90 Å². The van der Waals surface area contributed by atoms with Gasteiger partial charge in [0.05, 0.1) is 5.52 Å². The van der Waals surface area contributed by atoms with Crippen molar-refractivity contribution in [1.82, 2.24) is 14.4 Å². The third-order valence-corrected chi connectivity index (χ3v) is 5.53. The Kier molecular flexibility index (Phi) is 5.93. The molecule has 158 valence electrons. The second-order valence-electron chi connectivity index (χ2n) is 8.52. The van der Waals surface area contributed by atoms with Gasteiger partial charge in [-0.3, -0.25) is 4.79 Å². The average Bonchev–Trinajstić information content (AvgIpc) is 2.64. The Balaban J connectivity index is 1.70. The van der Waals surface area contributed by atoms with Crippen molar-refractivity contribution in [3.8, 4) is 0 Å². The quantitative estimate of drug-likeness (QED) is 0.842. The van der Waals surface area contributed by atoms with Gasteiger partial charge in [-0.2, -0.15) is 0 Å². The van der Waals surface area contributed by atoms with Crippen LogP contribution in [0.2, 0.25) is 0 Å². The molecule has 0 bridgehead atoms. The maximum atomic E-state index is 14.3. The van der Waals surface area contributed by atoms with Crippen LogP contribution >= 0.6 is 0 Å². The fourth-order valence-electron chi connectivity index (χ4n) is 4.18. The van der Waals surface area contributed by atoms with E-state index in [9.17, 15) is 23.5 Å². The minimum atomic E-state index is -1.01. The maximum Gasteiger partial charge on any atom is 0.407 e. The monoisotopic (exact) mass is 407 g/mol. The number of carboxylic acid groups (broad SMARTS) is 1. The van der Waals surface area contributed by atoms with E-state index in [0.717, 1.165) is 6.07 Å². The molecule has 0 unspecified atom stereocenters. The van der Waals surface area contributed by atoms with Crippen molar-refractivity contribution < 1.29 is 18.7 Å². The van der Waals surface area contributed by atoms with Gasteiger partial charge in [-0.15, -0.1) is 0 Å². The summed E-state index contributed by atoms with van der Waals surface area (Å²) in [5.41, 5.74) is -0.866. The topological polar surface area (TPSA) is 65.8 Å². The summed E-state index contributed by atoms with van der Waals surface area (Å²) < 4.78 is 29.3. The van der Waals surface area contributed by atoms with Gasteiger partial charge in [0.2, 0.25) is 0 Å². The Bertz CT molecular complexity index is 960. The Morgan fingerprint density at radius 2 is 1.76 bits per heavy atom. The fraction of sp³-hybridized carbons (Fsp3) is 0.524. The number of carbonyl (C=O) groups is 1. The molecule has 1 aromatic heterocycles. The summed E-state index contributed by atoms with van der Waals surface area (Å²) in [6.45, 7) is 7.76. The van der Waals surface area contributed by atoms with Gasteiger partial charge < -0.3 is 19.5 Å². The molecule has 0 saturated carbocycles. The lowest BCUT2D eigenvalue weighted by Gasteiger charge is -2.43. The van der Waals surface area contributed by atoms with Crippen LogP contribution in [0.15, 0.2) is 29.1 Å². The van der Waals surface area contributed by atoms with Crippen molar-refractivity contribution in [3.05, 3.63) is 46.3 Å². The smallest absolute Gasteiger partial charge is 0.407 e. The summed E-state index contributed by atoms with van der Waals surface area (Å²) >= 11 is 0. The molecule has 1 saturated heterocycles. The summed E-state index contributed by atoms with van der Waals surface area (Å²) in [5, 5.41) is 10.0. The van der Waals surface area contributed by atoms with Crippen molar-refractivity contribution in [1.29, 1.82) is 0 Å². The zero-order valence-electron chi connectivity index (χ0n) is 17.0. The maximum absolute atomic E-state index is 14.3. The van der Waals surface area contributed by atoms with E-state index in [1.165, 1.54) is 27.7 Å². The second kappa shape index (κ2) is 8.10. The second-order valence-corrected chi connectivity index (χ2v) is 8.52. The number of rotatable bonds is 4. The summed E-state index contributed by atoms with van der Waals surface area (Å²) in [5.74, 6) is -1.99. The summed E-state index contributed by atoms with van der Waals surface area (Å²) in [6, 6.07) is 5.31. The molecule has 0 atom stereocenters. The molecule has 29 heavy (non-hydrogen) atoms. The highest BCUT2D eigenvalue weighted by molar-refractivity contribution is 5.79. The van der Waals surface area contributed by atoms with Crippen LogP contribution in [0.3, 0.4) is 0 Å². The highest BCUT2D eigenvalue weighted by Crippen LogP contribution is 2.25. The first kappa shape index (κ1) is 21.2. The van der Waals surface area contributed by atoms with Crippen LogP contribution in [-0.4, -0.2) is 56.8 Å². The molecule has 0 radical (unpaired) electrons. The van der Waals surface area contributed by atoms with Crippen molar-refractivity contribution in [2.75, 3.05) is 19.6 Å². The molecule has 1 fully saturated rings.